The molecule has 4 saturated carbocycles. The predicted molar refractivity (Wildman–Crippen MR) is 129 cm³/mol. The van der Waals surface area contributed by atoms with Crippen LogP contribution in [0.5, 0.6) is 0 Å². The van der Waals surface area contributed by atoms with Crippen molar-refractivity contribution in [2.45, 2.75) is 95.7 Å². The Balaban J connectivity index is 1.29. The largest absolute Gasteiger partial charge is 0.458 e. The minimum Gasteiger partial charge on any atom is -0.458 e. The van der Waals surface area contributed by atoms with Gasteiger partial charge in [-0.05, 0) is 92.4 Å². The van der Waals surface area contributed by atoms with Gasteiger partial charge in [0.15, 0.2) is 0 Å². The summed E-state index contributed by atoms with van der Waals surface area (Å²) in [5.41, 5.74) is 11.3. The lowest BCUT2D eigenvalue weighted by molar-refractivity contribution is -0.205. The summed E-state index contributed by atoms with van der Waals surface area (Å²) in [5, 5.41) is 15.4. The molecule has 194 valence electrons. The first-order chi connectivity index (χ1) is 16.5. The Morgan fingerprint density at radius 3 is 2.60 bits per heavy atom. The SMILES string of the molecule is C[C@]12CC[C@H](NC(=O)[C@H](N)CC(N)=O)C[C@H]1CC[C@@H]1[C@@H]2CC[C@]2(C)[C@@H](C3=CC(=O)OC3)CC[C@]12O. The molecular formula is C27H41N3O5. The molecule has 0 bridgehead atoms. The summed E-state index contributed by atoms with van der Waals surface area (Å²) in [5.74, 6) is 0.310. The van der Waals surface area contributed by atoms with Crippen molar-refractivity contribution < 1.29 is 24.2 Å². The Kier molecular flexibility index (Phi) is 6.07. The number of nitrogens with two attached hydrogens (primary N) is 2. The van der Waals surface area contributed by atoms with E-state index < -0.39 is 17.6 Å². The van der Waals surface area contributed by atoms with Gasteiger partial charge in [0, 0.05) is 17.5 Å². The molecule has 6 N–H and O–H groups in total. The Morgan fingerprint density at radius 2 is 1.91 bits per heavy atom. The van der Waals surface area contributed by atoms with Crippen molar-refractivity contribution >= 4 is 17.8 Å². The first-order valence-electron chi connectivity index (χ1n) is 13.4. The van der Waals surface area contributed by atoms with Crippen molar-refractivity contribution in [2.75, 3.05) is 6.61 Å². The van der Waals surface area contributed by atoms with E-state index in [2.05, 4.69) is 19.2 Å². The average Bonchev–Trinajstić information content (AvgIpc) is 3.33. The lowest BCUT2D eigenvalue weighted by Gasteiger charge is -2.64. The monoisotopic (exact) mass is 487 g/mol. The molecule has 4 aliphatic carbocycles. The van der Waals surface area contributed by atoms with Crippen LogP contribution in [0.3, 0.4) is 0 Å². The molecular weight excluding hydrogens is 446 g/mol. The maximum absolute atomic E-state index is 12.5. The zero-order valence-electron chi connectivity index (χ0n) is 21.1. The maximum atomic E-state index is 12.5. The van der Waals surface area contributed by atoms with E-state index in [-0.39, 0.29) is 47.0 Å². The number of amides is 2. The van der Waals surface area contributed by atoms with E-state index in [1.165, 1.54) is 0 Å². The van der Waals surface area contributed by atoms with E-state index in [0.29, 0.717) is 18.4 Å². The molecule has 2 amide bonds. The first-order valence-corrected chi connectivity index (χ1v) is 13.4. The molecule has 8 nitrogen and oxygen atoms in total. The van der Waals surface area contributed by atoms with E-state index in [4.69, 9.17) is 16.2 Å². The lowest BCUT2D eigenvalue weighted by Crippen LogP contribution is -2.63. The Bertz CT molecular complexity index is 951. The van der Waals surface area contributed by atoms with Gasteiger partial charge in [0.1, 0.15) is 6.61 Å². The molecule has 5 aliphatic rings. The van der Waals surface area contributed by atoms with Gasteiger partial charge in [-0.3, -0.25) is 9.59 Å². The molecule has 0 aromatic carbocycles. The number of esters is 1. The number of fused-ring (bicyclic) bond motifs is 5. The molecule has 0 aromatic rings. The van der Waals surface area contributed by atoms with Crippen LogP contribution in [0.25, 0.3) is 0 Å². The van der Waals surface area contributed by atoms with Crippen LogP contribution in [0, 0.1) is 34.5 Å². The number of hydrogen-bond donors (Lipinski definition) is 4. The molecule has 4 fully saturated rings. The van der Waals surface area contributed by atoms with Crippen molar-refractivity contribution in [3.63, 3.8) is 0 Å². The number of ether oxygens (including phenoxy) is 1. The number of rotatable bonds is 5. The number of cyclic esters (lactones) is 1. The lowest BCUT2D eigenvalue weighted by atomic mass is 9.43. The van der Waals surface area contributed by atoms with Gasteiger partial charge in [-0.15, -0.1) is 0 Å². The zero-order valence-corrected chi connectivity index (χ0v) is 21.1. The molecule has 0 spiro atoms. The summed E-state index contributed by atoms with van der Waals surface area (Å²) >= 11 is 0. The molecule has 5 rings (SSSR count). The van der Waals surface area contributed by atoms with E-state index >= 15 is 0 Å². The van der Waals surface area contributed by atoms with Crippen LogP contribution in [0.1, 0.15) is 78.1 Å². The van der Waals surface area contributed by atoms with E-state index in [0.717, 1.165) is 63.4 Å². The van der Waals surface area contributed by atoms with E-state index in [1.807, 2.05) is 0 Å². The first kappa shape index (κ1) is 24.8. The minimum atomic E-state index is -0.896. The average molecular weight is 488 g/mol. The van der Waals surface area contributed by atoms with Gasteiger partial charge in [-0.2, -0.15) is 0 Å². The van der Waals surface area contributed by atoms with Gasteiger partial charge in [0.2, 0.25) is 11.8 Å². The summed E-state index contributed by atoms with van der Waals surface area (Å²) in [6.07, 6.45) is 10.1. The highest BCUT2D eigenvalue weighted by Gasteiger charge is 2.67. The fourth-order valence-electron chi connectivity index (χ4n) is 9.16. The Labute approximate surface area is 207 Å². The van der Waals surface area contributed by atoms with Crippen molar-refractivity contribution in [1.82, 2.24) is 5.32 Å². The third-order valence-electron chi connectivity index (χ3n) is 11.1. The smallest absolute Gasteiger partial charge is 0.331 e. The van der Waals surface area contributed by atoms with Gasteiger partial charge in [-0.25, -0.2) is 4.79 Å². The molecule has 0 aromatic heterocycles. The third kappa shape index (κ3) is 3.82. The van der Waals surface area contributed by atoms with E-state index in [9.17, 15) is 19.5 Å². The summed E-state index contributed by atoms with van der Waals surface area (Å²) < 4.78 is 5.23. The fourth-order valence-corrected chi connectivity index (χ4v) is 9.16. The standard InChI is InChI=1S/C27H41N3O5/c1-25-8-5-17(30-24(33)21(28)13-22(29)31)12-16(25)3-4-20-19(25)6-9-26(2)18(7-10-27(20,26)34)15-11-23(32)35-14-15/h11,16-21,34H,3-10,12-14,28H2,1-2H3,(H2,29,31)(H,30,33)/t16-,17+,18-,19+,20-,21-,25+,26-,27+/m1/s1. The number of hydrogen-bond acceptors (Lipinski definition) is 6. The number of primary amides is 1. The van der Waals surface area contributed by atoms with Crippen LogP contribution in [-0.2, 0) is 19.1 Å². The predicted octanol–water partition coefficient (Wildman–Crippen LogP) is 1.93. The van der Waals surface area contributed by atoms with Crippen LogP contribution in [0.15, 0.2) is 11.6 Å². The molecule has 35 heavy (non-hydrogen) atoms. The number of nitrogens with one attached hydrogen (secondary N) is 1. The highest BCUT2D eigenvalue weighted by molar-refractivity contribution is 5.87. The number of aliphatic hydroxyl groups is 1. The molecule has 8 heteroatoms. The third-order valence-corrected chi connectivity index (χ3v) is 11.1. The molecule has 0 radical (unpaired) electrons. The maximum Gasteiger partial charge on any atom is 0.331 e. The second kappa shape index (κ2) is 8.58. The Hall–Kier alpha value is -1.93. The normalized spacial score (nSPS) is 45.4. The van der Waals surface area contributed by atoms with Crippen LogP contribution in [-0.4, -0.2) is 47.2 Å². The van der Waals surface area contributed by atoms with E-state index in [1.54, 1.807) is 6.08 Å². The summed E-state index contributed by atoms with van der Waals surface area (Å²) in [6, 6.07) is -0.830. The van der Waals surface area contributed by atoms with Gasteiger partial charge >= 0.3 is 5.97 Å². The van der Waals surface area contributed by atoms with Gasteiger partial charge in [0.05, 0.1) is 18.1 Å². The summed E-state index contributed by atoms with van der Waals surface area (Å²) in [6.45, 7) is 5.04. The topological polar surface area (TPSA) is 145 Å². The number of carbonyl (C=O) groups is 3. The quantitative estimate of drug-likeness (QED) is 0.436. The minimum absolute atomic E-state index is 0.0655. The highest BCUT2D eigenvalue weighted by Crippen LogP contribution is 2.69. The van der Waals surface area contributed by atoms with Crippen LogP contribution < -0.4 is 16.8 Å². The fraction of sp³-hybridized carbons (Fsp3) is 0.815. The van der Waals surface area contributed by atoms with Crippen molar-refractivity contribution in [1.29, 1.82) is 0 Å². The van der Waals surface area contributed by atoms with Crippen molar-refractivity contribution in [3.05, 3.63) is 11.6 Å². The van der Waals surface area contributed by atoms with Crippen LogP contribution in [0.4, 0.5) is 0 Å². The van der Waals surface area contributed by atoms with Gasteiger partial charge in [0.25, 0.3) is 0 Å². The number of carbonyl (C=O) groups excluding carboxylic acids is 3. The molecule has 9 atom stereocenters. The summed E-state index contributed by atoms with van der Waals surface area (Å²) in [4.78, 5) is 35.3. The summed E-state index contributed by atoms with van der Waals surface area (Å²) in [7, 11) is 0. The molecule has 1 heterocycles. The van der Waals surface area contributed by atoms with Crippen molar-refractivity contribution in [3.8, 4) is 0 Å². The molecule has 0 saturated heterocycles. The van der Waals surface area contributed by atoms with Gasteiger partial charge < -0.3 is 26.6 Å². The van der Waals surface area contributed by atoms with Gasteiger partial charge in [-0.1, -0.05) is 13.8 Å². The van der Waals surface area contributed by atoms with Crippen molar-refractivity contribution in [2.24, 2.45) is 46.0 Å². The second-order valence-corrected chi connectivity index (χ2v) is 12.5. The molecule has 1 aliphatic heterocycles. The van der Waals surface area contributed by atoms with Crippen LogP contribution >= 0.6 is 0 Å². The Morgan fingerprint density at radius 1 is 1.14 bits per heavy atom. The second-order valence-electron chi connectivity index (χ2n) is 12.5. The van der Waals surface area contributed by atoms with Crippen LogP contribution in [0.2, 0.25) is 0 Å². The zero-order chi connectivity index (χ0) is 25.2. The highest BCUT2D eigenvalue weighted by atomic mass is 16.5. The molecule has 0 unspecified atom stereocenters.